The molecule has 0 saturated heterocycles. The SMILES string of the molecule is Cc1ccnc2ncn(Cc3nc([C@H]4[C@@H]5Oc6c(Cl)cccc6[C@@H]54)no3)c(=O)c12. The average Bonchev–Trinajstić information content (AvgIpc) is 3.04. The highest BCUT2D eigenvalue weighted by Gasteiger charge is 2.62. The van der Waals surface area contributed by atoms with Crippen LogP contribution in [0, 0.1) is 6.92 Å². The quantitative estimate of drug-likeness (QED) is 0.515. The van der Waals surface area contributed by atoms with E-state index in [2.05, 4.69) is 20.1 Å². The molecule has 0 radical (unpaired) electrons. The van der Waals surface area contributed by atoms with Crippen molar-refractivity contribution in [3.63, 3.8) is 0 Å². The number of para-hydroxylation sites is 1. The van der Waals surface area contributed by atoms with Gasteiger partial charge in [0.05, 0.1) is 16.3 Å². The molecule has 0 bridgehead atoms. The molecule has 1 saturated carbocycles. The van der Waals surface area contributed by atoms with Crippen molar-refractivity contribution in [2.45, 2.75) is 31.4 Å². The first kappa shape index (κ1) is 16.7. The predicted molar refractivity (Wildman–Crippen MR) is 103 cm³/mol. The summed E-state index contributed by atoms with van der Waals surface area (Å²) in [5, 5.41) is 5.23. The van der Waals surface area contributed by atoms with Gasteiger partial charge >= 0.3 is 0 Å². The molecule has 3 atom stereocenters. The number of ether oxygens (including phenoxy) is 1. The molecule has 1 aromatic carbocycles. The van der Waals surface area contributed by atoms with Crippen LogP contribution in [0.2, 0.25) is 5.02 Å². The van der Waals surface area contributed by atoms with Crippen LogP contribution < -0.4 is 10.3 Å². The molecule has 4 heterocycles. The van der Waals surface area contributed by atoms with Crippen molar-refractivity contribution < 1.29 is 9.26 Å². The lowest BCUT2D eigenvalue weighted by atomic mass is 10.1. The van der Waals surface area contributed by atoms with Crippen molar-refractivity contribution in [3.8, 4) is 5.75 Å². The molecule has 0 unspecified atom stereocenters. The molecule has 1 fully saturated rings. The van der Waals surface area contributed by atoms with E-state index in [-0.39, 0.29) is 30.0 Å². The molecule has 0 spiro atoms. The largest absolute Gasteiger partial charge is 0.487 e. The molecule has 0 N–H and O–H groups in total. The zero-order valence-electron chi connectivity index (χ0n) is 15.2. The Bertz CT molecular complexity index is 1350. The zero-order chi connectivity index (χ0) is 19.7. The summed E-state index contributed by atoms with van der Waals surface area (Å²) in [6, 6.07) is 7.54. The smallest absolute Gasteiger partial charge is 0.263 e. The summed E-state index contributed by atoms with van der Waals surface area (Å²) < 4.78 is 12.8. The summed E-state index contributed by atoms with van der Waals surface area (Å²) in [5.74, 6) is 1.91. The van der Waals surface area contributed by atoms with E-state index in [9.17, 15) is 4.79 Å². The Morgan fingerprint density at radius 2 is 2.10 bits per heavy atom. The standard InChI is InChI=1S/C20H14ClN5O3/c1-9-5-6-22-18-13(9)20(27)26(8-23-18)7-12-24-19(25-29-12)15-14-10-3-2-4-11(21)16(10)28-17(14)15/h2-6,8,14-15,17H,7H2,1H3/t14-,15-,17-/m1/s1. The van der Waals surface area contributed by atoms with Gasteiger partial charge in [-0.1, -0.05) is 28.9 Å². The molecule has 3 aromatic heterocycles. The summed E-state index contributed by atoms with van der Waals surface area (Å²) in [5.41, 5.74) is 2.15. The Balaban J connectivity index is 1.28. The normalized spacial score (nSPS) is 21.7. The van der Waals surface area contributed by atoms with E-state index in [0.717, 1.165) is 16.9 Å². The molecule has 6 rings (SSSR count). The van der Waals surface area contributed by atoms with E-state index >= 15 is 0 Å². The monoisotopic (exact) mass is 407 g/mol. The van der Waals surface area contributed by atoms with Crippen molar-refractivity contribution >= 4 is 22.6 Å². The number of hydrogen-bond acceptors (Lipinski definition) is 7. The zero-order valence-corrected chi connectivity index (χ0v) is 16.0. The first-order valence-corrected chi connectivity index (χ1v) is 9.58. The van der Waals surface area contributed by atoms with Gasteiger partial charge in [0.15, 0.2) is 11.5 Å². The third kappa shape index (κ3) is 2.42. The molecule has 8 nitrogen and oxygen atoms in total. The van der Waals surface area contributed by atoms with Crippen LogP contribution in [0.4, 0.5) is 0 Å². The highest BCUT2D eigenvalue weighted by molar-refractivity contribution is 6.32. The van der Waals surface area contributed by atoms with Gasteiger partial charge in [0.1, 0.15) is 24.7 Å². The summed E-state index contributed by atoms with van der Waals surface area (Å²) in [4.78, 5) is 25.7. The van der Waals surface area contributed by atoms with Gasteiger partial charge < -0.3 is 9.26 Å². The second-order valence-corrected chi connectivity index (χ2v) is 7.75. The summed E-state index contributed by atoms with van der Waals surface area (Å²) >= 11 is 6.19. The molecule has 2 aliphatic rings. The van der Waals surface area contributed by atoms with Gasteiger partial charge in [0.25, 0.3) is 5.56 Å². The van der Waals surface area contributed by atoms with E-state index in [0.29, 0.717) is 27.8 Å². The van der Waals surface area contributed by atoms with Crippen molar-refractivity contribution in [3.05, 3.63) is 75.0 Å². The fourth-order valence-corrected chi connectivity index (χ4v) is 4.34. The number of rotatable bonds is 3. The third-order valence-electron chi connectivity index (χ3n) is 5.59. The van der Waals surface area contributed by atoms with E-state index in [1.54, 1.807) is 12.3 Å². The van der Waals surface area contributed by atoms with Crippen molar-refractivity contribution in [2.75, 3.05) is 0 Å². The number of aryl methyl sites for hydroxylation is 1. The number of benzene rings is 1. The van der Waals surface area contributed by atoms with Crippen LogP contribution >= 0.6 is 11.6 Å². The summed E-state index contributed by atoms with van der Waals surface area (Å²) in [7, 11) is 0. The third-order valence-corrected chi connectivity index (χ3v) is 5.88. The minimum atomic E-state index is -0.185. The fraction of sp³-hybridized carbons (Fsp3) is 0.250. The summed E-state index contributed by atoms with van der Waals surface area (Å²) in [6.45, 7) is 2.01. The molecule has 9 heteroatoms. The number of halogens is 1. The predicted octanol–water partition coefficient (Wildman–Crippen LogP) is 2.83. The number of fused-ring (bicyclic) bond motifs is 4. The van der Waals surface area contributed by atoms with E-state index in [1.807, 2.05) is 25.1 Å². The van der Waals surface area contributed by atoms with Gasteiger partial charge in [0.2, 0.25) is 5.89 Å². The first-order chi connectivity index (χ1) is 14.1. The van der Waals surface area contributed by atoms with Crippen LogP contribution in [0.5, 0.6) is 5.75 Å². The van der Waals surface area contributed by atoms with E-state index in [1.165, 1.54) is 10.9 Å². The molecule has 0 amide bonds. The van der Waals surface area contributed by atoms with Crippen LogP contribution in [0.25, 0.3) is 11.0 Å². The van der Waals surface area contributed by atoms with E-state index < -0.39 is 0 Å². The lowest BCUT2D eigenvalue weighted by Crippen LogP contribution is -2.22. The average molecular weight is 408 g/mol. The Hall–Kier alpha value is -3.26. The van der Waals surface area contributed by atoms with Crippen LogP contribution in [0.15, 0.2) is 46.1 Å². The van der Waals surface area contributed by atoms with Gasteiger partial charge in [-0.25, -0.2) is 9.97 Å². The van der Waals surface area contributed by atoms with Gasteiger partial charge in [-0.05, 0) is 24.6 Å². The van der Waals surface area contributed by atoms with Crippen molar-refractivity contribution in [1.82, 2.24) is 24.7 Å². The highest BCUT2D eigenvalue weighted by Crippen LogP contribution is 2.63. The molecular formula is C20H14ClN5O3. The maximum atomic E-state index is 12.8. The van der Waals surface area contributed by atoms with Crippen LogP contribution in [-0.2, 0) is 6.54 Å². The van der Waals surface area contributed by atoms with Crippen LogP contribution in [-0.4, -0.2) is 30.8 Å². The second-order valence-electron chi connectivity index (χ2n) is 7.34. The van der Waals surface area contributed by atoms with Gasteiger partial charge in [-0.15, -0.1) is 0 Å². The Morgan fingerprint density at radius 3 is 3.00 bits per heavy atom. The van der Waals surface area contributed by atoms with Crippen molar-refractivity contribution in [1.29, 1.82) is 0 Å². The number of hydrogen-bond donors (Lipinski definition) is 0. The van der Waals surface area contributed by atoms with Gasteiger partial charge in [-0.2, -0.15) is 4.98 Å². The fourth-order valence-electron chi connectivity index (χ4n) is 4.11. The van der Waals surface area contributed by atoms with E-state index in [4.69, 9.17) is 20.9 Å². The lowest BCUT2D eigenvalue weighted by molar-refractivity contribution is 0.306. The number of aromatic nitrogens is 5. The second kappa shape index (κ2) is 5.87. The van der Waals surface area contributed by atoms with Crippen molar-refractivity contribution in [2.24, 2.45) is 0 Å². The van der Waals surface area contributed by atoms with Gasteiger partial charge in [-0.3, -0.25) is 9.36 Å². The van der Waals surface area contributed by atoms with Gasteiger partial charge in [0, 0.05) is 17.7 Å². The number of nitrogens with zero attached hydrogens (tertiary/aromatic N) is 5. The minimum Gasteiger partial charge on any atom is -0.487 e. The first-order valence-electron chi connectivity index (χ1n) is 9.20. The molecule has 29 heavy (non-hydrogen) atoms. The Morgan fingerprint density at radius 1 is 1.21 bits per heavy atom. The lowest BCUT2D eigenvalue weighted by Gasteiger charge is -2.07. The number of pyridine rings is 1. The Kier molecular flexibility index (Phi) is 3.37. The minimum absolute atomic E-state index is 0.0193. The molecule has 1 aliphatic heterocycles. The molecular weight excluding hydrogens is 394 g/mol. The summed E-state index contributed by atoms with van der Waals surface area (Å²) in [6.07, 6.45) is 3.07. The Labute approximate surface area is 169 Å². The molecule has 4 aromatic rings. The van der Waals surface area contributed by atoms with Crippen LogP contribution in [0.1, 0.15) is 34.7 Å². The molecule has 1 aliphatic carbocycles. The maximum absolute atomic E-state index is 12.8. The highest BCUT2D eigenvalue weighted by atomic mass is 35.5. The topological polar surface area (TPSA) is 95.9 Å². The maximum Gasteiger partial charge on any atom is 0.263 e. The molecule has 144 valence electrons. The van der Waals surface area contributed by atoms with Crippen LogP contribution in [0.3, 0.4) is 0 Å².